The smallest absolute Gasteiger partial charge is 0.349 e. The van der Waals surface area contributed by atoms with Crippen LogP contribution in [-0.2, 0) is 4.79 Å². The van der Waals surface area contributed by atoms with Crippen molar-refractivity contribution in [3.05, 3.63) is 58.1 Å². The summed E-state index contributed by atoms with van der Waals surface area (Å²) in [5.41, 5.74) is 2.37. The van der Waals surface area contributed by atoms with E-state index in [4.69, 9.17) is 21.1 Å². The van der Waals surface area contributed by atoms with Gasteiger partial charge in [-0.25, -0.2) is 4.79 Å². The Morgan fingerprint density at radius 2 is 1.58 bits per heavy atom. The molecule has 0 bridgehead atoms. The van der Waals surface area contributed by atoms with Crippen molar-refractivity contribution in [3.8, 4) is 11.5 Å². The van der Waals surface area contributed by atoms with Gasteiger partial charge in [-0.3, -0.25) is 4.79 Å². The summed E-state index contributed by atoms with van der Waals surface area (Å²) in [5.74, 6) is 0.467. The van der Waals surface area contributed by atoms with Crippen LogP contribution >= 0.6 is 11.6 Å². The van der Waals surface area contributed by atoms with Crippen LogP contribution in [-0.4, -0.2) is 18.4 Å². The number of Topliss-reactive ketones (excluding diaryl/α,β-unsaturated/α-hetero) is 1. The fourth-order valence-corrected chi connectivity index (χ4v) is 2.31. The van der Waals surface area contributed by atoms with Gasteiger partial charge in [0.2, 0.25) is 0 Å². The monoisotopic (exact) mass is 346 g/mol. The third kappa shape index (κ3) is 4.59. The second kappa shape index (κ2) is 7.97. The molecule has 0 aliphatic carbocycles. The van der Waals surface area contributed by atoms with Crippen molar-refractivity contribution in [3.63, 3.8) is 0 Å². The molecular formula is C19H19ClO4. The minimum absolute atomic E-state index is 0.0460. The van der Waals surface area contributed by atoms with E-state index < -0.39 is 5.97 Å². The minimum Gasteiger partial charge on any atom is -0.482 e. The lowest BCUT2D eigenvalue weighted by Gasteiger charge is -2.10. The fourth-order valence-electron chi connectivity index (χ4n) is 2.21. The first kappa shape index (κ1) is 18.0. The summed E-state index contributed by atoms with van der Waals surface area (Å²) in [6.07, 6.45) is 0.437. The molecular weight excluding hydrogens is 328 g/mol. The van der Waals surface area contributed by atoms with Crippen LogP contribution in [0.2, 0.25) is 5.02 Å². The predicted octanol–water partition coefficient (Wildman–Crippen LogP) is 4.53. The van der Waals surface area contributed by atoms with E-state index in [9.17, 15) is 9.59 Å². The van der Waals surface area contributed by atoms with Crippen LogP contribution in [0, 0.1) is 13.8 Å². The molecule has 0 radical (unpaired) electrons. The van der Waals surface area contributed by atoms with Crippen LogP contribution < -0.4 is 9.47 Å². The lowest BCUT2D eigenvalue weighted by molar-refractivity contribution is -0.136. The van der Waals surface area contributed by atoms with Gasteiger partial charge in [-0.15, -0.1) is 0 Å². The topological polar surface area (TPSA) is 52.6 Å². The van der Waals surface area contributed by atoms with Crippen molar-refractivity contribution in [2.24, 2.45) is 0 Å². The molecule has 2 aromatic carbocycles. The summed E-state index contributed by atoms with van der Waals surface area (Å²) in [6, 6.07) is 10.0. The number of hydrogen-bond donors (Lipinski definition) is 0. The molecule has 0 N–H and O–H groups in total. The molecule has 0 spiro atoms. The number of benzene rings is 2. The van der Waals surface area contributed by atoms with Gasteiger partial charge in [-0.05, 0) is 61.4 Å². The highest BCUT2D eigenvalue weighted by Crippen LogP contribution is 2.25. The molecule has 0 aromatic heterocycles. The summed E-state index contributed by atoms with van der Waals surface area (Å²) < 4.78 is 10.6. The van der Waals surface area contributed by atoms with E-state index in [1.807, 2.05) is 13.8 Å². The van der Waals surface area contributed by atoms with E-state index in [0.29, 0.717) is 28.5 Å². The molecule has 4 nitrogen and oxygen atoms in total. The number of carbonyl (C=O) groups excluding carboxylic acids is 2. The van der Waals surface area contributed by atoms with Gasteiger partial charge in [0.1, 0.15) is 11.5 Å². The molecule has 2 aromatic rings. The molecule has 0 atom stereocenters. The number of aryl methyl sites for hydroxylation is 2. The van der Waals surface area contributed by atoms with Crippen LogP contribution in [0.4, 0.5) is 0 Å². The van der Waals surface area contributed by atoms with Crippen LogP contribution in [0.1, 0.15) is 34.8 Å². The number of esters is 1. The number of rotatable bonds is 6. The third-order valence-electron chi connectivity index (χ3n) is 3.50. The van der Waals surface area contributed by atoms with Crippen LogP contribution in [0.3, 0.4) is 0 Å². The maximum Gasteiger partial charge on any atom is 0.349 e. The van der Waals surface area contributed by atoms with Gasteiger partial charge in [-0.1, -0.05) is 18.5 Å². The summed E-state index contributed by atoms with van der Waals surface area (Å²) in [4.78, 5) is 23.4. The third-order valence-corrected chi connectivity index (χ3v) is 4.09. The van der Waals surface area contributed by atoms with E-state index >= 15 is 0 Å². The van der Waals surface area contributed by atoms with Gasteiger partial charge in [0, 0.05) is 17.0 Å². The van der Waals surface area contributed by atoms with Crippen LogP contribution in [0.15, 0.2) is 36.4 Å². The van der Waals surface area contributed by atoms with Crippen molar-refractivity contribution in [2.75, 3.05) is 6.61 Å². The second-order valence-electron chi connectivity index (χ2n) is 5.43. The Kier molecular flexibility index (Phi) is 5.99. The van der Waals surface area contributed by atoms with E-state index in [2.05, 4.69) is 0 Å². The van der Waals surface area contributed by atoms with Crippen molar-refractivity contribution in [1.29, 1.82) is 0 Å². The molecule has 0 saturated carbocycles. The van der Waals surface area contributed by atoms with Crippen LogP contribution in [0.25, 0.3) is 0 Å². The molecule has 0 amide bonds. The van der Waals surface area contributed by atoms with Gasteiger partial charge in [0.05, 0.1) is 0 Å². The zero-order valence-corrected chi connectivity index (χ0v) is 14.6. The highest BCUT2D eigenvalue weighted by Gasteiger charge is 2.09. The van der Waals surface area contributed by atoms with Gasteiger partial charge < -0.3 is 9.47 Å². The first-order chi connectivity index (χ1) is 11.4. The molecule has 24 heavy (non-hydrogen) atoms. The Bertz CT molecular complexity index is 727. The molecule has 5 heteroatoms. The van der Waals surface area contributed by atoms with Crippen LogP contribution in [0.5, 0.6) is 11.5 Å². The normalized spacial score (nSPS) is 10.3. The number of halogens is 1. The molecule has 0 aliphatic rings. The lowest BCUT2D eigenvalue weighted by Crippen LogP contribution is -2.17. The molecule has 126 valence electrons. The van der Waals surface area contributed by atoms with Gasteiger partial charge in [0.15, 0.2) is 12.4 Å². The first-order valence-corrected chi connectivity index (χ1v) is 8.02. The Morgan fingerprint density at radius 3 is 2.12 bits per heavy atom. The number of carbonyl (C=O) groups is 2. The SMILES string of the molecule is CCC(=O)c1ccc(OC(=O)COc2cc(C)c(Cl)c(C)c2)cc1. The largest absolute Gasteiger partial charge is 0.482 e. The standard InChI is InChI=1S/C19H19ClO4/c1-4-17(21)14-5-7-15(8-6-14)24-18(22)11-23-16-9-12(2)19(20)13(3)10-16/h5-10H,4,11H2,1-3H3. The maximum atomic E-state index is 11.9. The zero-order chi connectivity index (χ0) is 17.7. The number of hydrogen-bond acceptors (Lipinski definition) is 4. The van der Waals surface area contributed by atoms with Crippen molar-refractivity contribution in [1.82, 2.24) is 0 Å². The Labute approximate surface area is 146 Å². The maximum absolute atomic E-state index is 11.9. The molecule has 0 aliphatic heterocycles. The first-order valence-electron chi connectivity index (χ1n) is 7.64. The predicted molar refractivity (Wildman–Crippen MR) is 93.1 cm³/mol. The van der Waals surface area contributed by atoms with E-state index in [0.717, 1.165) is 11.1 Å². The Balaban J connectivity index is 1.93. The summed E-state index contributed by atoms with van der Waals surface area (Å²) in [7, 11) is 0. The minimum atomic E-state index is -0.519. The van der Waals surface area contributed by atoms with Gasteiger partial charge in [-0.2, -0.15) is 0 Å². The van der Waals surface area contributed by atoms with Crippen molar-refractivity contribution in [2.45, 2.75) is 27.2 Å². The van der Waals surface area contributed by atoms with E-state index in [-0.39, 0.29) is 12.4 Å². The number of ketones is 1. The van der Waals surface area contributed by atoms with Gasteiger partial charge >= 0.3 is 5.97 Å². The summed E-state index contributed by atoms with van der Waals surface area (Å²) in [6.45, 7) is 5.34. The molecule has 0 saturated heterocycles. The summed E-state index contributed by atoms with van der Waals surface area (Å²) in [5, 5.41) is 0.687. The van der Waals surface area contributed by atoms with Crippen molar-refractivity contribution < 1.29 is 19.1 Å². The Hall–Kier alpha value is -2.33. The van der Waals surface area contributed by atoms with E-state index in [1.165, 1.54) is 0 Å². The average Bonchev–Trinajstić information content (AvgIpc) is 2.57. The average molecular weight is 347 g/mol. The molecule has 0 fully saturated rings. The highest BCUT2D eigenvalue weighted by atomic mass is 35.5. The van der Waals surface area contributed by atoms with Crippen molar-refractivity contribution >= 4 is 23.4 Å². The fraction of sp³-hybridized carbons (Fsp3) is 0.263. The Morgan fingerprint density at radius 1 is 1.00 bits per heavy atom. The molecule has 2 rings (SSSR count). The number of ether oxygens (including phenoxy) is 2. The second-order valence-corrected chi connectivity index (χ2v) is 5.81. The zero-order valence-electron chi connectivity index (χ0n) is 13.9. The molecule has 0 heterocycles. The quantitative estimate of drug-likeness (QED) is 0.438. The lowest BCUT2D eigenvalue weighted by atomic mass is 10.1. The molecule has 0 unspecified atom stereocenters. The highest BCUT2D eigenvalue weighted by molar-refractivity contribution is 6.32. The van der Waals surface area contributed by atoms with E-state index in [1.54, 1.807) is 43.3 Å². The van der Waals surface area contributed by atoms with Gasteiger partial charge in [0.25, 0.3) is 0 Å². The summed E-state index contributed by atoms with van der Waals surface area (Å²) >= 11 is 6.09.